The number of hydrogen-bond acceptors (Lipinski definition) is 5. The van der Waals surface area contributed by atoms with E-state index in [0.29, 0.717) is 29.1 Å². The maximum atomic E-state index is 13.1. The van der Waals surface area contributed by atoms with Gasteiger partial charge in [0.15, 0.2) is 0 Å². The Hall–Kier alpha value is -2.74. The highest BCUT2D eigenvalue weighted by Gasteiger charge is 2.33. The number of aryl methyl sites for hydroxylation is 1. The van der Waals surface area contributed by atoms with Crippen LogP contribution in [-0.4, -0.2) is 36.6 Å². The van der Waals surface area contributed by atoms with Crippen LogP contribution in [0, 0.1) is 24.0 Å². The number of sulfonamides is 1. The molecular formula is C17H17N3O4S. The molecule has 1 heterocycles. The lowest BCUT2D eigenvalue weighted by Gasteiger charge is -2.21. The largest absolute Gasteiger partial charge is 0.273 e. The Labute approximate surface area is 145 Å². The Morgan fingerprint density at radius 2 is 1.84 bits per heavy atom. The van der Waals surface area contributed by atoms with Gasteiger partial charge < -0.3 is 0 Å². The summed E-state index contributed by atoms with van der Waals surface area (Å²) >= 11 is 0. The molecule has 0 bridgehead atoms. The highest BCUT2D eigenvalue weighted by atomic mass is 32.2. The maximum Gasteiger partial charge on any atom is 0.273 e. The van der Waals surface area contributed by atoms with E-state index in [0.717, 1.165) is 6.07 Å². The van der Waals surface area contributed by atoms with Gasteiger partial charge in [-0.2, -0.15) is 0 Å². The monoisotopic (exact) mass is 359 g/mol. The number of nitro groups is 1. The summed E-state index contributed by atoms with van der Waals surface area (Å²) in [7, 11) is -3.93. The van der Waals surface area contributed by atoms with Crippen LogP contribution in [0.2, 0.25) is 0 Å². The van der Waals surface area contributed by atoms with Crippen molar-refractivity contribution < 1.29 is 13.3 Å². The van der Waals surface area contributed by atoms with Gasteiger partial charge in [-0.3, -0.25) is 15.1 Å². The van der Waals surface area contributed by atoms with Crippen LogP contribution >= 0.6 is 0 Å². The number of nitro benzene ring substituents is 1. The lowest BCUT2D eigenvalue weighted by molar-refractivity contribution is -0.385. The minimum absolute atomic E-state index is 0.0900. The fourth-order valence-corrected chi connectivity index (χ4v) is 4.32. The summed E-state index contributed by atoms with van der Waals surface area (Å²) in [6.45, 7) is 3.85. The normalized spacial score (nSPS) is 14.5. The van der Waals surface area contributed by atoms with E-state index in [1.165, 1.54) is 10.4 Å². The van der Waals surface area contributed by atoms with E-state index in [1.807, 2.05) is 18.2 Å². The zero-order chi connectivity index (χ0) is 18.2. The minimum atomic E-state index is -3.93. The molecule has 0 spiro atoms. The lowest BCUT2D eigenvalue weighted by atomic mass is 10.1. The van der Waals surface area contributed by atoms with Crippen LogP contribution in [0.5, 0.6) is 0 Å². The molecule has 7 nitrogen and oxygen atoms in total. The van der Waals surface area contributed by atoms with Gasteiger partial charge in [-0.25, -0.2) is 12.7 Å². The fraction of sp³-hybridized carbons (Fsp3) is 0.235. The van der Waals surface area contributed by atoms with Crippen LogP contribution in [0.4, 0.5) is 5.69 Å². The third kappa shape index (κ3) is 3.00. The Bertz CT molecular complexity index is 969. The van der Waals surface area contributed by atoms with Crippen molar-refractivity contribution in [2.45, 2.75) is 18.7 Å². The van der Waals surface area contributed by atoms with Crippen LogP contribution in [0.1, 0.15) is 16.7 Å². The lowest BCUT2D eigenvalue weighted by Crippen LogP contribution is -2.35. The van der Waals surface area contributed by atoms with E-state index >= 15 is 0 Å². The standard InChI is InChI=1S/C17H17N3O4S/c1-12-10-15(11-16(13(12)2)20(21)22)25(23,24)19-9-8-18-17(19)14-6-4-3-5-7-14/h3-7,10-11H,8-9H2,1-2H3. The molecule has 0 aromatic heterocycles. The molecule has 0 radical (unpaired) electrons. The molecule has 25 heavy (non-hydrogen) atoms. The molecule has 0 amide bonds. The SMILES string of the molecule is Cc1cc(S(=O)(=O)N2CCN=C2c2ccccc2)cc([N+](=O)[O-])c1C. The smallest absolute Gasteiger partial charge is 0.265 e. The zero-order valence-electron chi connectivity index (χ0n) is 13.8. The summed E-state index contributed by atoms with van der Waals surface area (Å²) in [5.41, 5.74) is 1.52. The van der Waals surface area contributed by atoms with Crippen molar-refractivity contribution in [3.05, 3.63) is 69.3 Å². The molecule has 2 aromatic carbocycles. The summed E-state index contributed by atoms with van der Waals surface area (Å²) in [5, 5.41) is 11.2. The van der Waals surface area contributed by atoms with Gasteiger partial charge in [-0.05, 0) is 25.5 Å². The first-order valence-electron chi connectivity index (χ1n) is 7.70. The molecule has 0 unspecified atom stereocenters. The molecule has 1 aliphatic rings. The van der Waals surface area contributed by atoms with Gasteiger partial charge in [-0.1, -0.05) is 30.3 Å². The molecular weight excluding hydrogens is 342 g/mol. The van der Waals surface area contributed by atoms with Gasteiger partial charge in [0.1, 0.15) is 5.84 Å². The molecule has 0 aliphatic carbocycles. The van der Waals surface area contributed by atoms with Gasteiger partial charge in [0.2, 0.25) is 0 Å². The summed E-state index contributed by atoms with van der Waals surface area (Å²) in [4.78, 5) is 14.9. The summed E-state index contributed by atoms with van der Waals surface area (Å²) < 4.78 is 27.4. The molecule has 8 heteroatoms. The number of amidine groups is 1. The van der Waals surface area contributed by atoms with E-state index in [4.69, 9.17) is 0 Å². The molecule has 0 saturated heterocycles. The highest BCUT2D eigenvalue weighted by Crippen LogP contribution is 2.29. The van der Waals surface area contributed by atoms with Crippen molar-refractivity contribution in [3.8, 4) is 0 Å². The first kappa shape index (κ1) is 17.1. The third-order valence-corrected chi connectivity index (χ3v) is 6.00. The molecule has 1 aliphatic heterocycles. The van der Waals surface area contributed by atoms with E-state index in [1.54, 1.807) is 26.0 Å². The highest BCUT2D eigenvalue weighted by molar-refractivity contribution is 7.89. The number of aliphatic imine (C=N–C) groups is 1. The van der Waals surface area contributed by atoms with Gasteiger partial charge in [0.25, 0.3) is 15.7 Å². The topological polar surface area (TPSA) is 92.9 Å². The first-order valence-corrected chi connectivity index (χ1v) is 9.14. The van der Waals surface area contributed by atoms with E-state index in [9.17, 15) is 18.5 Å². The molecule has 0 atom stereocenters. The Morgan fingerprint density at radius 1 is 1.16 bits per heavy atom. The van der Waals surface area contributed by atoms with Gasteiger partial charge in [0.05, 0.1) is 22.9 Å². The Morgan fingerprint density at radius 3 is 2.48 bits per heavy atom. The van der Waals surface area contributed by atoms with Crippen LogP contribution in [0.25, 0.3) is 0 Å². The first-order chi connectivity index (χ1) is 11.8. The summed E-state index contributed by atoms with van der Waals surface area (Å²) in [6.07, 6.45) is 0. The van der Waals surface area contributed by atoms with Crippen molar-refractivity contribution in [3.63, 3.8) is 0 Å². The average molecular weight is 359 g/mol. The molecule has 3 rings (SSSR count). The Kier molecular flexibility index (Phi) is 4.30. The second kappa shape index (κ2) is 6.29. The van der Waals surface area contributed by atoms with E-state index in [2.05, 4.69) is 4.99 Å². The van der Waals surface area contributed by atoms with Crippen LogP contribution in [-0.2, 0) is 10.0 Å². The summed E-state index contributed by atoms with van der Waals surface area (Å²) in [5.74, 6) is 0.362. The second-order valence-corrected chi connectivity index (χ2v) is 7.65. The molecule has 0 fully saturated rings. The summed E-state index contributed by atoms with van der Waals surface area (Å²) in [6, 6.07) is 11.6. The molecule has 0 saturated carbocycles. The van der Waals surface area contributed by atoms with Crippen molar-refractivity contribution in [2.24, 2.45) is 4.99 Å². The second-order valence-electron chi connectivity index (χ2n) is 5.79. The predicted molar refractivity (Wildman–Crippen MR) is 94.3 cm³/mol. The number of nitrogens with zero attached hydrogens (tertiary/aromatic N) is 3. The van der Waals surface area contributed by atoms with E-state index in [-0.39, 0.29) is 17.1 Å². The van der Waals surface area contributed by atoms with E-state index < -0.39 is 14.9 Å². The van der Waals surface area contributed by atoms with Gasteiger partial charge >= 0.3 is 0 Å². The number of rotatable bonds is 4. The van der Waals surface area contributed by atoms with Gasteiger partial charge in [-0.15, -0.1) is 0 Å². The van der Waals surface area contributed by atoms with Crippen LogP contribution in [0.15, 0.2) is 52.4 Å². The fourth-order valence-electron chi connectivity index (χ4n) is 2.76. The molecule has 2 aromatic rings. The van der Waals surface area contributed by atoms with Crippen molar-refractivity contribution >= 4 is 21.5 Å². The number of hydrogen-bond donors (Lipinski definition) is 0. The van der Waals surface area contributed by atoms with Crippen LogP contribution in [0.3, 0.4) is 0 Å². The third-order valence-electron chi connectivity index (χ3n) is 4.23. The Balaban J connectivity index is 2.08. The zero-order valence-corrected chi connectivity index (χ0v) is 14.7. The number of benzene rings is 2. The van der Waals surface area contributed by atoms with Crippen molar-refractivity contribution in [1.29, 1.82) is 0 Å². The minimum Gasteiger partial charge on any atom is -0.265 e. The maximum absolute atomic E-state index is 13.1. The van der Waals surface area contributed by atoms with Crippen LogP contribution < -0.4 is 0 Å². The average Bonchev–Trinajstić information content (AvgIpc) is 3.08. The molecule has 0 N–H and O–H groups in total. The predicted octanol–water partition coefficient (Wildman–Crippen LogP) is 2.66. The quantitative estimate of drug-likeness (QED) is 0.620. The molecule has 130 valence electrons. The van der Waals surface area contributed by atoms with Gasteiger partial charge in [0, 0.05) is 17.2 Å². The van der Waals surface area contributed by atoms with Crippen molar-refractivity contribution in [1.82, 2.24) is 4.31 Å². The van der Waals surface area contributed by atoms with Crippen molar-refractivity contribution in [2.75, 3.05) is 13.1 Å².